The molecule has 0 aliphatic heterocycles. The second kappa shape index (κ2) is 2.40. The first-order chi connectivity index (χ1) is 4.74. The molecular weight excluding hydrogens is 126 g/mol. The first kappa shape index (κ1) is 6.63. The van der Waals surface area contributed by atoms with Gasteiger partial charge >= 0.3 is 0 Å². The molecule has 0 N–H and O–H groups in total. The average molecular weight is 133 g/mol. The lowest BCUT2D eigenvalue weighted by Gasteiger charge is -1.87. The summed E-state index contributed by atoms with van der Waals surface area (Å²) >= 11 is 0. The molecular formula is C8H7NO. The Morgan fingerprint density at radius 2 is 2.40 bits per heavy atom. The standard InChI is InChI=1S/C8H7NO/c1-6(2)8-4-3-7(5-9)10-8/h3-4H,1H2,2H3. The minimum Gasteiger partial charge on any atom is -0.446 e. The third-order valence-corrected chi connectivity index (χ3v) is 1.14. The lowest BCUT2D eigenvalue weighted by Crippen LogP contribution is -1.67. The van der Waals surface area contributed by atoms with Crippen LogP contribution in [0, 0.1) is 11.3 Å². The van der Waals surface area contributed by atoms with Crippen LogP contribution in [0.1, 0.15) is 18.4 Å². The van der Waals surface area contributed by atoms with Crippen molar-refractivity contribution in [2.24, 2.45) is 0 Å². The first-order valence-electron chi connectivity index (χ1n) is 2.90. The third kappa shape index (κ3) is 1.08. The second-order valence-corrected chi connectivity index (χ2v) is 2.06. The van der Waals surface area contributed by atoms with E-state index in [0.29, 0.717) is 11.5 Å². The van der Waals surface area contributed by atoms with Gasteiger partial charge in [0.15, 0.2) is 0 Å². The molecule has 1 aromatic rings. The van der Waals surface area contributed by atoms with E-state index >= 15 is 0 Å². The molecule has 0 spiro atoms. The molecule has 0 atom stereocenters. The Morgan fingerprint density at radius 3 is 2.70 bits per heavy atom. The van der Waals surface area contributed by atoms with E-state index in [1.165, 1.54) is 0 Å². The fraction of sp³-hybridized carbons (Fsp3) is 0.125. The van der Waals surface area contributed by atoms with Crippen LogP contribution in [0.15, 0.2) is 23.1 Å². The van der Waals surface area contributed by atoms with Crippen LogP contribution in [0.5, 0.6) is 0 Å². The number of allylic oxidation sites excluding steroid dienone is 1. The van der Waals surface area contributed by atoms with Crippen molar-refractivity contribution in [1.29, 1.82) is 5.26 Å². The molecule has 0 amide bonds. The van der Waals surface area contributed by atoms with Crippen LogP contribution in [-0.2, 0) is 0 Å². The molecule has 2 heteroatoms. The van der Waals surface area contributed by atoms with Crippen molar-refractivity contribution >= 4 is 5.57 Å². The highest BCUT2D eigenvalue weighted by molar-refractivity contribution is 5.56. The Bertz CT molecular complexity index is 290. The highest BCUT2D eigenvalue weighted by Gasteiger charge is 1.99. The summed E-state index contributed by atoms with van der Waals surface area (Å²) < 4.78 is 5.03. The van der Waals surface area contributed by atoms with E-state index in [1.807, 2.05) is 13.0 Å². The molecule has 10 heavy (non-hydrogen) atoms. The zero-order valence-corrected chi connectivity index (χ0v) is 5.72. The van der Waals surface area contributed by atoms with Crippen LogP contribution in [0.2, 0.25) is 0 Å². The smallest absolute Gasteiger partial charge is 0.204 e. The molecule has 2 nitrogen and oxygen atoms in total. The fourth-order valence-electron chi connectivity index (χ4n) is 0.627. The van der Waals surface area contributed by atoms with Gasteiger partial charge in [0.25, 0.3) is 0 Å². The molecule has 0 aliphatic rings. The number of rotatable bonds is 1. The van der Waals surface area contributed by atoms with E-state index < -0.39 is 0 Å². The quantitative estimate of drug-likeness (QED) is 0.588. The van der Waals surface area contributed by atoms with Crippen LogP contribution in [0.25, 0.3) is 5.57 Å². The van der Waals surface area contributed by atoms with E-state index in [4.69, 9.17) is 9.68 Å². The molecule has 0 aromatic carbocycles. The maximum absolute atomic E-state index is 8.36. The topological polar surface area (TPSA) is 36.9 Å². The Hall–Kier alpha value is -1.49. The summed E-state index contributed by atoms with van der Waals surface area (Å²) in [6, 6.07) is 5.26. The van der Waals surface area contributed by atoms with Gasteiger partial charge in [-0.3, -0.25) is 0 Å². The van der Waals surface area contributed by atoms with Gasteiger partial charge in [-0.05, 0) is 24.6 Å². The van der Waals surface area contributed by atoms with Gasteiger partial charge in [0.1, 0.15) is 11.8 Å². The lowest BCUT2D eigenvalue weighted by atomic mass is 10.3. The maximum Gasteiger partial charge on any atom is 0.204 e. The van der Waals surface area contributed by atoms with E-state index in [9.17, 15) is 0 Å². The van der Waals surface area contributed by atoms with Crippen molar-refractivity contribution in [3.8, 4) is 6.07 Å². The summed E-state index contributed by atoms with van der Waals surface area (Å²) in [5.74, 6) is 1.01. The van der Waals surface area contributed by atoms with Gasteiger partial charge in [-0.2, -0.15) is 5.26 Å². The van der Waals surface area contributed by atoms with Crippen molar-refractivity contribution in [1.82, 2.24) is 0 Å². The van der Waals surface area contributed by atoms with E-state index in [0.717, 1.165) is 5.57 Å². The van der Waals surface area contributed by atoms with Gasteiger partial charge in [0.2, 0.25) is 5.76 Å². The molecule has 0 bridgehead atoms. The molecule has 1 rings (SSSR count). The normalized spacial score (nSPS) is 8.80. The molecule has 0 aliphatic carbocycles. The predicted molar refractivity (Wildman–Crippen MR) is 38.1 cm³/mol. The summed E-state index contributed by atoms with van der Waals surface area (Å²) in [5.41, 5.74) is 0.835. The summed E-state index contributed by atoms with van der Waals surface area (Å²) in [6.07, 6.45) is 0. The van der Waals surface area contributed by atoms with Gasteiger partial charge in [-0.25, -0.2) is 0 Å². The molecule has 0 radical (unpaired) electrons. The lowest BCUT2D eigenvalue weighted by molar-refractivity contribution is 0.539. The van der Waals surface area contributed by atoms with Crippen molar-refractivity contribution in [3.05, 3.63) is 30.2 Å². The van der Waals surface area contributed by atoms with Gasteiger partial charge in [0, 0.05) is 0 Å². The Morgan fingerprint density at radius 1 is 1.70 bits per heavy atom. The van der Waals surface area contributed by atoms with Gasteiger partial charge in [-0.1, -0.05) is 6.58 Å². The second-order valence-electron chi connectivity index (χ2n) is 2.06. The van der Waals surface area contributed by atoms with Crippen LogP contribution in [-0.4, -0.2) is 0 Å². The summed E-state index contributed by atoms with van der Waals surface area (Å²) in [4.78, 5) is 0. The molecule has 0 saturated carbocycles. The van der Waals surface area contributed by atoms with Gasteiger partial charge < -0.3 is 4.42 Å². The molecule has 0 unspecified atom stereocenters. The average Bonchev–Trinajstić information content (AvgIpc) is 2.34. The van der Waals surface area contributed by atoms with E-state index in [-0.39, 0.29) is 0 Å². The largest absolute Gasteiger partial charge is 0.446 e. The van der Waals surface area contributed by atoms with Crippen molar-refractivity contribution in [2.75, 3.05) is 0 Å². The van der Waals surface area contributed by atoms with Crippen LogP contribution >= 0.6 is 0 Å². The fourth-order valence-corrected chi connectivity index (χ4v) is 0.627. The van der Waals surface area contributed by atoms with Crippen LogP contribution < -0.4 is 0 Å². The number of hydrogen-bond acceptors (Lipinski definition) is 2. The predicted octanol–water partition coefficient (Wildman–Crippen LogP) is 2.18. The summed E-state index contributed by atoms with van der Waals surface area (Å²) in [6.45, 7) is 5.50. The third-order valence-electron chi connectivity index (χ3n) is 1.14. The SMILES string of the molecule is C=C(C)c1ccc(C#N)o1. The summed E-state index contributed by atoms with van der Waals surface area (Å²) in [5, 5.41) is 8.36. The Labute approximate surface area is 59.4 Å². The van der Waals surface area contributed by atoms with E-state index in [1.54, 1.807) is 12.1 Å². The van der Waals surface area contributed by atoms with Crippen molar-refractivity contribution in [3.63, 3.8) is 0 Å². The highest BCUT2D eigenvalue weighted by atomic mass is 16.3. The number of nitriles is 1. The van der Waals surface area contributed by atoms with Crippen LogP contribution in [0.3, 0.4) is 0 Å². The van der Waals surface area contributed by atoms with E-state index in [2.05, 4.69) is 6.58 Å². The minimum absolute atomic E-state index is 0.331. The Kier molecular flexibility index (Phi) is 1.59. The summed E-state index contributed by atoms with van der Waals surface area (Å²) in [7, 11) is 0. The van der Waals surface area contributed by atoms with Gasteiger partial charge in [0.05, 0.1) is 0 Å². The maximum atomic E-state index is 8.36. The molecule has 1 aromatic heterocycles. The number of furan rings is 1. The zero-order valence-electron chi connectivity index (χ0n) is 5.72. The number of nitrogens with zero attached hydrogens (tertiary/aromatic N) is 1. The monoisotopic (exact) mass is 133 g/mol. The Balaban J connectivity index is 3.02. The van der Waals surface area contributed by atoms with Gasteiger partial charge in [-0.15, -0.1) is 0 Å². The zero-order chi connectivity index (χ0) is 7.56. The molecule has 0 saturated heterocycles. The van der Waals surface area contributed by atoms with Crippen LogP contribution in [0.4, 0.5) is 0 Å². The molecule has 1 heterocycles. The molecule has 0 fully saturated rings. The first-order valence-corrected chi connectivity index (χ1v) is 2.90. The highest BCUT2D eigenvalue weighted by Crippen LogP contribution is 2.13. The van der Waals surface area contributed by atoms with Crippen molar-refractivity contribution < 1.29 is 4.42 Å². The molecule has 50 valence electrons. The van der Waals surface area contributed by atoms with Crippen molar-refractivity contribution in [2.45, 2.75) is 6.92 Å². The minimum atomic E-state index is 0.331. The number of hydrogen-bond donors (Lipinski definition) is 0.